The Balaban J connectivity index is 1.36. The first-order chi connectivity index (χ1) is 15.2. The van der Waals surface area contributed by atoms with Gasteiger partial charge in [0.2, 0.25) is 0 Å². The van der Waals surface area contributed by atoms with E-state index in [1.54, 1.807) is 30.3 Å². The number of likely N-dealkylation sites (tertiary alicyclic amines) is 1. The fourth-order valence-corrected chi connectivity index (χ4v) is 3.73. The molecule has 4 rings (SSSR count). The van der Waals surface area contributed by atoms with Gasteiger partial charge in [-0.25, -0.2) is 14.4 Å². The van der Waals surface area contributed by atoms with E-state index in [1.165, 1.54) is 44.4 Å². The molecule has 2 heterocycles. The Bertz CT molecular complexity index is 1040. The Hall–Kier alpha value is -3.32. The van der Waals surface area contributed by atoms with Gasteiger partial charge in [0.25, 0.3) is 5.91 Å². The van der Waals surface area contributed by atoms with Gasteiger partial charge in [-0.15, -0.1) is 0 Å². The zero-order valence-electron chi connectivity index (χ0n) is 17.4. The number of rotatable bonds is 8. The maximum atomic E-state index is 13.5. The number of hydrogen-bond acceptors (Lipinski definition) is 5. The van der Waals surface area contributed by atoms with Crippen LogP contribution in [0.3, 0.4) is 0 Å². The molecule has 2 aromatic carbocycles. The van der Waals surface area contributed by atoms with Gasteiger partial charge in [-0.1, -0.05) is 18.2 Å². The van der Waals surface area contributed by atoms with E-state index in [2.05, 4.69) is 25.5 Å². The highest BCUT2D eigenvalue weighted by atomic mass is 19.1. The van der Waals surface area contributed by atoms with Gasteiger partial charge >= 0.3 is 0 Å². The number of carbonyl (C=O) groups excluding carboxylic acids is 1. The summed E-state index contributed by atoms with van der Waals surface area (Å²) in [5.74, 6) is 0.162. The van der Waals surface area contributed by atoms with Crippen molar-refractivity contribution in [3.05, 3.63) is 72.3 Å². The summed E-state index contributed by atoms with van der Waals surface area (Å²) in [7, 11) is 0. The van der Waals surface area contributed by atoms with Crippen LogP contribution in [-0.4, -0.2) is 47.0 Å². The molecule has 0 atom stereocenters. The van der Waals surface area contributed by atoms with Gasteiger partial charge in [0.15, 0.2) is 0 Å². The summed E-state index contributed by atoms with van der Waals surface area (Å²) < 4.78 is 13.5. The molecule has 1 aromatic heterocycles. The lowest BCUT2D eigenvalue weighted by atomic mass is 10.1. The van der Waals surface area contributed by atoms with E-state index in [0.717, 1.165) is 18.7 Å². The molecule has 0 unspecified atom stereocenters. The zero-order valence-corrected chi connectivity index (χ0v) is 17.4. The number of carbonyl (C=O) groups is 1. The van der Waals surface area contributed by atoms with E-state index >= 15 is 0 Å². The van der Waals surface area contributed by atoms with Gasteiger partial charge in [0, 0.05) is 29.4 Å². The van der Waals surface area contributed by atoms with Crippen LogP contribution in [0.2, 0.25) is 0 Å². The van der Waals surface area contributed by atoms with Crippen molar-refractivity contribution in [1.82, 2.24) is 20.2 Å². The van der Waals surface area contributed by atoms with Crippen LogP contribution in [0, 0.1) is 5.82 Å². The van der Waals surface area contributed by atoms with E-state index in [0.29, 0.717) is 29.2 Å². The molecule has 0 radical (unpaired) electrons. The molecular weight excluding hydrogens is 393 g/mol. The van der Waals surface area contributed by atoms with Crippen LogP contribution in [0.15, 0.2) is 60.9 Å². The monoisotopic (exact) mass is 419 g/mol. The molecule has 3 aromatic rings. The minimum Gasteiger partial charge on any atom is -0.352 e. The summed E-state index contributed by atoms with van der Waals surface area (Å²) in [5, 5.41) is 6.19. The summed E-state index contributed by atoms with van der Waals surface area (Å²) in [5.41, 5.74) is 2.62. The standard InChI is InChI=1S/C24H26FN5O/c25-20-8-3-6-18(14-20)22-16-23(28-17-27-22)29-21-9-4-7-19(15-21)24(31)26-10-5-13-30-11-1-2-12-30/h3-4,6-9,14-17H,1-2,5,10-13H2,(H,26,31)(H,27,28,29). The Morgan fingerprint density at radius 3 is 2.71 bits per heavy atom. The maximum absolute atomic E-state index is 13.5. The van der Waals surface area contributed by atoms with Crippen LogP contribution in [0.4, 0.5) is 15.9 Å². The summed E-state index contributed by atoms with van der Waals surface area (Å²) in [4.78, 5) is 23.4. The van der Waals surface area contributed by atoms with Gasteiger partial charge in [-0.3, -0.25) is 4.79 Å². The second-order valence-corrected chi connectivity index (χ2v) is 7.66. The Morgan fingerprint density at radius 1 is 1.03 bits per heavy atom. The van der Waals surface area contributed by atoms with E-state index in [-0.39, 0.29) is 11.7 Å². The molecule has 1 amide bonds. The van der Waals surface area contributed by atoms with Crippen molar-refractivity contribution in [1.29, 1.82) is 0 Å². The SMILES string of the molecule is O=C(NCCCN1CCCC1)c1cccc(Nc2cc(-c3cccc(F)c3)ncn2)c1. The molecule has 0 saturated carbocycles. The molecule has 1 fully saturated rings. The van der Waals surface area contributed by atoms with Crippen molar-refractivity contribution in [3.63, 3.8) is 0 Å². The average Bonchev–Trinajstić information content (AvgIpc) is 3.31. The van der Waals surface area contributed by atoms with Gasteiger partial charge in [0.05, 0.1) is 5.69 Å². The van der Waals surface area contributed by atoms with Crippen molar-refractivity contribution in [2.24, 2.45) is 0 Å². The molecule has 1 aliphatic rings. The quantitative estimate of drug-likeness (QED) is 0.535. The van der Waals surface area contributed by atoms with Gasteiger partial charge < -0.3 is 15.5 Å². The summed E-state index contributed by atoms with van der Waals surface area (Å²) in [6, 6.07) is 15.3. The summed E-state index contributed by atoms with van der Waals surface area (Å²) in [6.07, 6.45) is 4.94. The first-order valence-corrected chi connectivity index (χ1v) is 10.6. The van der Waals surface area contributed by atoms with Crippen molar-refractivity contribution < 1.29 is 9.18 Å². The van der Waals surface area contributed by atoms with Crippen LogP contribution in [-0.2, 0) is 0 Å². The van der Waals surface area contributed by atoms with Crippen LogP contribution in [0.25, 0.3) is 11.3 Å². The Kier molecular flexibility index (Phi) is 6.84. The third kappa shape index (κ3) is 5.86. The third-order valence-electron chi connectivity index (χ3n) is 5.32. The van der Waals surface area contributed by atoms with Crippen molar-refractivity contribution >= 4 is 17.4 Å². The first kappa shape index (κ1) is 20.9. The van der Waals surface area contributed by atoms with Crippen LogP contribution in [0.1, 0.15) is 29.6 Å². The minimum atomic E-state index is -0.315. The number of amides is 1. The van der Waals surface area contributed by atoms with Crippen molar-refractivity contribution in [2.75, 3.05) is 31.5 Å². The largest absolute Gasteiger partial charge is 0.352 e. The topological polar surface area (TPSA) is 70.2 Å². The average molecular weight is 420 g/mol. The molecule has 31 heavy (non-hydrogen) atoms. The van der Waals surface area contributed by atoms with Crippen molar-refractivity contribution in [3.8, 4) is 11.3 Å². The van der Waals surface area contributed by atoms with Crippen LogP contribution < -0.4 is 10.6 Å². The molecular formula is C24H26FN5O. The number of nitrogens with one attached hydrogen (secondary N) is 2. The fraction of sp³-hybridized carbons (Fsp3) is 0.292. The zero-order chi connectivity index (χ0) is 21.5. The van der Waals surface area contributed by atoms with E-state index in [1.807, 2.05) is 12.1 Å². The molecule has 6 nitrogen and oxygen atoms in total. The predicted molar refractivity (Wildman–Crippen MR) is 120 cm³/mol. The molecule has 1 aliphatic heterocycles. The third-order valence-corrected chi connectivity index (χ3v) is 5.32. The molecule has 7 heteroatoms. The molecule has 160 valence electrons. The number of halogens is 1. The highest BCUT2D eigenvalue weighted by Gasteiger charge is 2.11. The molecule has 0 aliphatic carbocycles. The summed E-state index contributed by atoms with van der Waals surface area (Å²) in [6.45, 7) is 4.04. The smallest absolute Gasteiger partial charge is 0.251 e. The second-order valence-electron chi connectivity index (χ2n) is 7.66. The van der Waals surface area contributed by atoms with E-state index in [9.17, 15) is 9.18 Å². The number of nitrogens with zero attached hydrogens (tertiary/aromatic N) is 3. The lowest BCUT2D eigenvalue weighted by Gasteiger charge is -2.14. The Morgan fingerprint density at radius 2 is 1.87 bits per heavy atom. The number of aromatic nitrogens is 2. The molecule has 2 N–H and O–H groups in total. The van der Waals surface area contributed by atoms with Gasteiger partial charge in [-0.2, -0.15) is 0 Å². The highest BCUT2D eigenvalue weighted by molar-refractivity contribution is 5.95. The normalized spacial score (nSPS) is 13.8. The number of anilines is 2. The fourth-order valence-electron chi connectivity index (χ4n) is 3.73. The van der Waals surface area contributed by atoms with Crippen LogP contribution >= 0.6 is 0 Å². The number of hydrogen-bond donors (Lipinski definition) is 2. The molecule has 0 spiro atoms. The van der Waals surface area contributed by atoms with Gasteiger partial charge in [0.1, 0.15) is 18.0 Å². The molecule has 1 saturated heterocycles. The first-order valence-electron chi connectivity index (χ1n) is 10.6. The molecule has 0 bridgehead atoms. The van der Waals surface area contributed by atoms with Crippen molar-refractivity contribution in [2.45, 2.75) is 19.3 Å². The second kappa shape index (κ2) is 10.1. The lowest BCUT2D eigenvalue weighted by molar-refractivity contribution is 0.0952. The van der Waals surface area contributed by atoms with Crippen LogP contribution in [0.5, 0.6) is 0 Å². The van der Waals surface area contributed by atoms with Gasteiger partial charge in [-0.05, 0) is 69.2 Å². The minimum absolute atomic E-state index is 0.0896. The Labute approximate surface area is 181 Å². The van der Waals surface area contributed by atoms with E-state index < -0.39 is 0 Å². The lowest BCUT2D eigenvalue weighted by Crippen LogP contribution is -2.28. The predicted octanol–water partition coefficient (Wildman–Crippen LogP) is 4.24. The summed E-state index contributed by atoms with van der Waals surface area (Å²) >= 11 is 0. The highest BCUT2D eigenvalue weighted by Crippen LogP contribution is 2.22. The number of benzene rings is 2. The van der Waals surface area contributed by atoms with E-state index in [4.69, 9.17) is 0 Å². The maximum Gasteiger partial charge on any atom is 0.251 e.